The average molecular weight is 395 g/mol. The van der Waals surface area contributed by atoms with E-state index in [4.69, 9.17) is 15.9 Å². The third-order valence-electron chi connectivity index (χ3n) is 6.86. The van der Waals surface area contributed by atoms with Gasteiger partial charge in [-0.2, -0.15) is 0 Å². The van der Waals surface area contributed by atoms with Crippen LogP contribution < -0.4 is 0 Å². The van der Waals surface area contributed by atoms with Gasteiger partial charge in [-0.3, -0.25) is 9.59 Å². The molecule has 2 amide bonds. The summed E-state index contributed by atoms with van der Waals surface area (Å²) in [7, 11) is 0. The SMILES string of the molecule is C#Cc1ccc(C(=O)N2CC(CC(=O)N3C[C@@H]4C[C@H]3CO4)OCC23CCC3)cn1. The van der Waals surface area contributed by atoms with Crippen LogP contribution in [-0.2, 0) is 14.3 Å². The number of pyridine rings is 1. The molecule has 152 valence electrons. The minimum atomic E-state index is -0.282. The second kappa shape index (κ2) is 7.12. The van der Waals surface area contributed by atoms with Crippen molar-refractivity contribution in [2.75, 3.05) is 26.3 Å². The number of hydrogen-bond donors (Lipinski definition) is 0. The van der Waals surface area contributed by atoms with E-state index in [2.05, 4.69) is 10.9 Å². The number of aromatic nitrogens is 1. The van der Waals surface area contributed by atoms with Crippen molar-refractivity contribution in [2.45, 2.75) is 55.9 Å². The first-order valence-corrected chi connectivity index (χ1v) is 10.4. The fraction of sp³-hybridized carbons (Fsp3) is 0.591. The fourth-order valence-corrected chi connectivity index (χ4v) is 5.00. The van der Waals surface area contributed by atoms with Crippen molar-refractivity contribution in [1.82, 2.24) is 14.8 Å². The maximum Gasteiger partial charge on any atom is 0.256 e. The Hall–Kier alpha value is -2.43. The van der Waals surface area contributed by atoms with Crippen LogP contribution in [0.25, 0.3) is 0 Å². The maximum atomic E-state index is 13.3. The van der Waals surface area contributed by atoms with Crippen molar-refractivity contribution in [2.24, 2.45) is 0 Å². The van der Waals surface area contributed by atoms with Crippen LogP contribution in [0.1, 0.15) is 48.2 Å². The minimum Gasteiger partial charge on any atom is -0.374 e. The smallest absolute Gasteiger partial charge is 0.256 e. The molecule has 1 saturated carbocycles. The average Bonchev–Trinajstić information content (AvgIpc) is 3.36. The molecule has 7 nitrogen and oxygen atoms in total. The lowest BCUT2D eigenvalue weighted by Gasteiger charge is -2.54. The van der Waals surface area contributed by atoms with Gasteiger partial charge in [-0.15, -0.1) is 6.42 Å². The number of ether oxygens (including phenoxy) is 2. The molecule has 4 aliphatic rings. The van der Waals surface area contributed by atoms with Gasteiger partial charge in [-0.1, -0.05) is 5.92 Å². The van der Waals surface area contributed by atoms with E-state index in [1.807, 2.05) is 9.80 Å². The number of hydrogen-bond acceptors (Lipinski definition) is 5. The Morgan fingerprint density at radius 3 is 2.72 bits per heavy atom. The zero-order chi connectivity index (χ0) is 20.0. The number of rotatable bonds is 3. The molecule has 2 bridgehead atoms. The van der Waals surface area contributed by atoms with Gasteiger partial charge in [0.1, 0.15) is 5.69 Å². The lowest BCUT2D eigenvalue weighted by molar-refractivity contribution is -0.150. The van der Waals surface area contributed by atoms with Gasteiger partial charge in [0.2, 0.25) is 5.91 Å². The Balaban J connectivity index is 1.29. The van der Waals surface area contributed by atoms with Crippen molar-refractivity contribution < 1.29 is 19.1 Å². The molecule has 0 N–H and O–H groups in total. The van der Waals surface area contributed by atoms with Crippen LogP contribution in [-0.4, -0.2) is 76.7 Å². The van der Waals surface area contributed by atoms with Crippen LogP contribution in [0.4, 0.5) is 0 Å². The number of nitrogens with zero attached hydrogens (tertiary/aromatic N) is 3. The highest BCUT2D eigenvalue weighted by Gasteiger charge is 2.50. The minimum absolute atomic E-state index is 0.0600. The molecule has 3 saturated heterocycles. The Morgan fingerprint density at radius 1 is 1.28 bits per heavy atom. The topological polar surface area (TPSA) is 72.0 Å². The van der Waals surface area contributed by atoms with Crippen LogP contribution in [0, 0.1) is 12.3 Å². The number of carbonyl (C=O) groups excluding carboxylic acids is 2. The van der Waals surface area contributed by atoms with E-state index < -0.39 is 0 Å². The van der Waals surface area contributed by atoms with Gasteiger partial charge in [0.15, 0.2) is 0 Å². The third-order valence-corrected chi connectivity index (χ3v) is 6.86. The maximum absolute atomic E-state index is 13.3. The highest BCUT2D eigenvalue weighted by molar-refractivity contribution is 5.94. The van der Waals surface area contributed by atoms with Crippen molar-refractivity contribution in [1.29, 1.82) is 0 Å². The van der Waals surface area contributed by atoms with E-state index >= 15 is 0 Å². The van der Waals surface area contributed by atoms with E-state index in [0.29, 0.717) is 44.0 Å². The molecular weight excluding hydrogens is 370 g/mol. The van der Waals surface area contributed by atoms with Crippen molar-refractivity contribution in [3.8, 4) is 12.3 Å². The molecule has 1 aliphatic carbocycles. The first-order chi connectivity index (χ1) is 14.1. The molecule has 0 radical (unpaired) electrons. The summed E-state index contributed by atoms with van der Waals surface area (Å²) in [5, 5.41) is 0. The molecule has 7 heteroatoms. The summed E-state index contributed by atoms with van der Waals surface area (Å²) in [5.74, 6) is 2.51. The van der Waals surface area contributed by atoms with Gasteiger partial charge in [0.25, 0.3) is 5.91 Å². The lowest BCUT2D eigenvalue weighted by Crippen LogP contribution is -2.65. The normalized spacial score (nSPS) is 29.6. The Labute approximate surface area is 170 Å². The van der Waals surface area contributed by atoms with E-state index in [1.165, 1.54) is 0 Å². The third kappa shape index (κ3) is 3.21. The van der Waals surface area contributed by atoms with E-state index in [1.54, 1.807) is 18.3 Å². The van der Waals surface area contributed by atoms with Crippen molar-refractivity contribution >= 4 is 11.8 Å². The second-order valence-corrected chi connectivity index (χ2v) is 8.60. The zero-order valence-electron chi connectivity index (χ0n) is 16.4. The summed E-state index contributed by atoms with van der Waals surface area (Å²) >= 11 is 0. The van der Waals surface area contributed by atoms with Crippen LogP contribution in [0.5, 0.6) is 0 Å². The largest absolute Gasteiger partial charge is 0.374 e. The Morgan fingerprint density at radius 2 is 2.14 bits per heavy atom. The molecule has 4 heterocycles. The van der Waals surface area contributed by atoms with Crippen molar-refractivity contribution in [3.63, 3.8) is 0 Å². The number of terminal acetylenes is 1. The lowest BCUT2D eigenvalue weighted by atomic mass is 9.74. The summed E-state index contributed by atoms with van der Waals surface area (Å²) in [6.07, 6.45) is 11.0. The van der Waals surface area contributed by atoms with Crippen LogP contribution in [0.3, 0.4) is 0 Å². The first-order valence-electron chi connectivity index (χ1n) is 10.4. The molecule has 1 unspecified atom stereocenters. The van der Waals surface area contributed by atoms with Crippen LogP contribution >= 0.6 is 0 Å². The predicted octanol–water partition coefficient (Wildman–Crippen LogP) is 1.22. The molecule has 3 atom stereocenters. The van der Waals surface area contributed by atoms with Crippen LogP contribution in [0.15, 0.2) is 18.3 Å². The number of morpholine rings is 2. The van der Waals surface area contributed by atoms with Crippen LogP contribution in [0.2, 0.25) is 0 Å². The molecular formula is C22H25N3O4. The summed E-state index contributed by atoms with van der Waals surface area (Å²) in [6, 6.07) is 3.62. The summed E-state index contributed by atoms with van der Waals surface area (Å²) in [4.78, 5) is 34.1. The van der Waals surface area contributed by atoms with Gasteiger partial charge in [-0.05, 0) is 37.8 Å². The fourth-order valence-electron chi connectivity index (χ4n) is 5.00. The van der Waals surface area contributed by atoms with E-state index in [-0.39, 0.29) is 35.6 Å². The number of fused-ring (bicyclic) bond motifs is 2. The highest BCUT2D eigenvalue weighted by Crippen LogP contribution is 2.42. The van der Waals surface area contributed by atoms with Gasteiger partial charge >= 0.3 is 0 Å². The first kappa shape index (κ1) is 18.6. The number of likely N-dealkylation sites (tertiary alicyclic amines) is 1. The molecule has 3 aliphatic heterocycles. The standard InChI is InChI=1S/C22H25N3O4/c1-2-16-5-4-15(10-23-16)21(27)25-12-19(29-14-22(25)6-3-7-22)9-20(26)24-11-18-8-17(24)13-28-18/h1,4-5,10,17-19H,3,6-9,11-14H2/t17-,18-,19?/m0/s1. The quantitative estimate of drug-likeness (QED) is 0.720. The Bertz CT molecular complexity index is 858. The van der Waals surface area contributed by atoms with E-state index in [9.17, 15) is 9.59 Å². The van der Waals surface area contributed by atoms with Gasteiger partial charge in [-0.25, -0.2) is 4.98 Å². The number of carbonyl (C=O) groups is 2. The Kier molecular flexibility index (Phi) is 4.56. The van der Waals surface area contributed by atoms with E-state index in [0.717, 1.165) is 25.7 Å². The molecule has 1 aromatic rings. The molecule has 5 rings (SSSR count). The molecule has 4 fully saturated rings. The zero-order valence-corrected chi connectivity index (χ0v) is 16.4. The summed E-state index contributed by atoms with van der Waals surface area (Å²) in [5.41, 5.74) is 0.785. The highest BCUT2D eigenvalue weighted by atomic mass is 16.5. The summed E-state index contributed by atoms with van der Waals surface area (Å²) in [6.45, 7) is 2.23. The van der Waals surface area contributed by atoms with Gasteiger partial charge < -0.3 is 19.3 Å². The number of amides is 2. The monoisotopic (exact) mass is 395 g/mol. The predicted molar refractivity (Wildman–Crippen MR) is 104 cm³/mol. The molecule has 1 spiro atoms. The summed E-state index contributed by atoms with van der Waals surface area (Å²) < 4.78 is 11.7. The molecule has 29 heavy (non-hydrogen) atoms. The van der Waals surface area contributed by atoms with Gasteiger partial charge in [0, 0.05) is 19.3 Å². The molecule has 1 aromatic heterocycles. The van der Waals surface area contributed by atoms with Crippen molar-refractivity contribution in [3.05, 3.63) is 29.6 Å². The second-order valence-electron chi connectivity index (χ2n) is 8.60. The molecule has 0 aromatic carbocycles. The van der Waals surface area contributed by atoms with Gasteiger partial charge in [0.05, 0.1) is 49.0 Å².